The maximum absolute atomic E-state index is 12.9. The Hall–Kier alpha value is -1.03. The SMILES string of the molecule is CSc1ccc(F)cc1CCC(=O)O. The van der Waals surface area contributed by atoms with Gasteiger partial charge in [-0.25, -0.2) is 4.39 Å². The second-order valence-electron chi connectivity index (χ2n) is 2.85. The van der Waals surface area contributed by atoms with E-state index >= 15 is 0 Å². The topological polar surface area (TPSA) is 37.3 Å². The predicted molar refractivity (Wildman–Crippen MR) is 54.1 cm³/mol. The molecule has 0 radical (unpaired) electrons. The molecule has 14 heavy (non-hydrogen) atoms. The minimum atomic E-state index is -0.860. The zero-order valence-corrected chi connectivity index (χ0v) is 8.60. The molecule has 1 N–H and O–H groups in total. The highest BCUT2D eigenvalue weighted by atomic mass is 32.2. The summed E-state index contributed by atoms with van der Waals surface area (Å²) in [6.07, 6.45) is 2.30. The Morgan fingerprint density at radius 1 is 1.57 bits per heavy atom. The van der Waals surface area contributed by atoms with Crippen molar-refractivity contribution < 1.29 is 14.3 Å². The molecule has 1 aromatic carbocycles. The molecule has 2 nitrogen and oxygen atoms in total. The Bertz CT molecular complexity index is 339. The van der Waals surface area contributed by atoms with Crippen molar-refractivity contribution in [2.24, 2.45) is 0 Å². The lowest BCUT2D eigenvalue weighted by Gasteiger charge is -2.05. The number of hydrogen-bond acceptors (Lipinski definition) is 2. The van der Waals surface area contributed by atoms with Crippen LogP contribution < -0.4 is 0 Å². The van der Waals surface area contributed by atoms with Crippen LogP contribution in [0, 0.1) is 5.82 Å². The summed E-state index contributed by atoms with van der Waals surface area (Å²) >= 11 is 1.50. The molecule has 4 heteroatoms. The summed E-state index contributed by atoms with van der Waals surface area (Å²) in [7, 11) is 0. The Balaban J connectivity index is 2.82. The van der Waals surface area contributed by atoms with Crippen molar-refractivity contribution in [2.75, 3.05) is 6.26 Å². The maximum atomic E-state index is 12.9. The van der Waals surface area contributed by atoms with Crippen LogP contribution in [-0.2, 0) is 11.2 Å². The van der Waals surface area contributed by atoms with Gasteiger partial charge in [-0.2, -0.15) is 0 Å². The van der Waals surface area contributed by atoms with Crippen LogP contribution in [0.25, 0.3) is 0 Å². The van der Waals surface area contributed by atoms with E-state index in [0.29, 0.717) is 6.42 Å². The Labute approximate surface area is 86.1 Å². The lowest BCUT2D eigenvalue weighted by molar-refractivity contribution is -0.136. The third-order valence-electron chi connectivity index (χ3n) is 1.85. The Kier molecular flexibility index (Phi) is 3.95. The molecule has 0 fully saturated rings. The van der Waals surface area contributed by atoms with Gasteiger partial charge in [0.15, 0.2) is 0 Å². The van der Waals surface area contributed by atoms with Crippen LogP contribution in [0.5, 0.6) is 0 Å². The van der Waals surface area contributed by atoms with Crippen LogP contribution in [0.15, 0.2) is 23.1 Å². The van der Waals surface area contributed by atoms with Gasteiger partial charge < -0.3 is 5.11 Å². The molecule has 76 valence electrons. The Morgan fingerprint density at radius 2 is 2.29 bits per heavy atom. The minimum absolute atomic E-state index is 0.0387. The third-order valence-corrected chi connectivity index (χ3v) is 2.69. The van der Waals surface area contributed by atoms with Gasteiger partial charge in [-0.15, -0.1) is 11.8 Å². The molecule has 0 amide bonds. The lowest BCUT2D eigenvalue weighted by Crippen LogP contribution is -1.99. The lowest BCUT2D eigenvalue weighted by atomic mass is 10.1. The van der Waals surface area contributed by atoms with Crippen LogP contribution in [0.2, 0.25) is 0 Å². The molecule has 0 aromatic heterocycles. The average molecular weight is 214 g/mol. The van der Waals surface area contributed by atoms with Gasteiger partial charge in [0.1, 0.15) is 5.82 Å². The van der Waals surface area contributed by atoms with Gasteiger partial charge in [0.05, 0.1) is 0 Å². The van der Waals surface area contributed by atoms with Crippen molar-refractivity contribution in [1.29, 1.82) is 0 Å². The fraction of sp³-hybridized carbons (Fsp3) is 0.300. The first kappa shape index (κ1) is 11.0. The fourth-order valence-electron chi connectivity index (χ4n) is 1.18. The molecule has 0 bridgehead atoms. The monoisotopic (exact) mass is 214 g/mol. The minimum Gasteiger partial charge on any atom is -0.481 e. The Morgan fingerprint density at radius 3 is 2.86 bits per heavy atom. The van der Waals surface area contributed by atoms with Gasteiger partial charge in [0.2, 0.25) is 0 Å². The summed E-state index contributed by atoms with van der Waals surface area (Å²) in [4.78, 5) is 11.3. The van der Waals surface area contributed by atoms with Crippen molar-refractivity contribution in [2.45, 2.75) is 17.7 Å². The quantitative estimate of drug-likeness (QED) is 0.783. The third kappa shape index (κ3) is 3.03. The summed E-state index contributed by atoms with van der Waals surface area (Å²) in [5, 5.41) is 8.51. The highest BCUT2D eigenvalue weighted by molar-refractivity contribution is 7.98. The standard InChI is InChI=1S/C10H11FO2S/c1-14-9-4-3-8(11)6-7(9)2-5-10(12)13/h3-4,6H,2,5H2,1H3,(H,12,13). The molecule has 0 aliphatic carbocycles. The number of hydrogen-bond donors (Lipinski definition) is 1. The molecule has 0 saturated heterocycles. The smallest absolute Gasteiger partial charge is 0.303 e. The van der Waals surface area contributed by atoms with E-state index in [2.05, 4.69) is 0 Å². The molecule has 0 aliphatic rings. The molecular weight excluding hydrogens is 203 g/mol. The number of carboxylic acid groups (broad SMARTS) is 1. The number of aryl methyl sites for hydroxylation is 1. The first-order chi connectivity index (χ1) is 6.63. The molecule has 0 saturated carbocycles. The second-order valence-corrected chi connectivity index (χ2v) is 3.70. The van der Waals surface area contributed by atoms with Crippen LogP contribution in [0.3, 0.4) is 0 Å². The first-order valence-corrected chi connectivity index (χ1v) is 5.40. The molecule has 0 spiro atoms. The van der Waals surface area contributed by atoms with E-state index in [4.69, 9.17) is 5.11 Å². The highest BCUT2D eigenvalue weighted by Crippen LogP contribution is 2.22. The molecule has 0 aliphatic heterocycles. The number of halogens is 1. The van der Waals surface area contributed by atoms with Crippen molar-refractivity contribution in [3.8, 4) is 0 Å². The van der Waals surface area contributed by atoms with Crippen LogP contribution >= 0.6 is 11.8 Å². The van der Waals surface area contributed by atoms with Gasteiger partial charge in [-0.3, -0.25) is 4.79 Å². The molecule has 0 unspecified atom stereocenters. The second kappa shape index (κ2) is 5.00. The molecule has 1 rings (SSSR count). The molecule has 0 heterocycles. The normalized spacial score (nSPS) is 10.1. The summed E-state index contributed by atoms with van der Waals surface area (Å²) in [5.41, 5.74) is 0.764. The highest BCUT2D eigenvalue weighted by Gasteiger charge is 2.05. The average Bonchev–Trinajstić information content (AvgIpc) is 2.15. The van der Waals surface area contributed by atoms with Crippen molar-refractivity contribution >= 4 is 17.7 Å². The van der Waals surface area contributed by atoms with E-state index in [1.165, 1.54) is 23.9 Å². The van der Waals surface area contributed by atoms with E-state index in [-0.39, 0.29) is 12.2 Å². The molecule has 1 aromatic rings. The molecular formula is C10H11FO2S. The van der Waals surface area contributed by atoms with Gasteiger partial charge in [0, 0.05) is 11.3 Å². The van der Waals surface area contributed by atoms with Gasteiger partial charge >= 0.3 is 5.97 Å². The van der Waals surface area contributed by atoms with E-state index in [0.717, 1.165) is 10.5 Å². The first-order valence-electron chi connectivity index (χ1n) is 4.17. The zero-order valence-electron chi connectivity index (χ0n) is 7.79. The van der Waals surface area contributed by atoms with E-state index < -0.39 is 5.97 Å². The number of thioether (sulfide) groups is 1. The summed E-state index contributed by atoms with van der Waals surface area (Å²) < 4.78 is 12.9. The maximum Gasteiger partial charge on any atom is 0.303 e. The van der Waals surface area contributed by atoms with Crippen LogP contribution in [0.4, 0.5) is 4.39 Å². The summed E-state index contributed by atoms with van der Waals surface area (Å²) in [5.74, 6) is -1.18. The fourth-order valence-corrected chi connectivity index (χ4v) is 1.81. The number of carbonyl (C=O) groups is 1. The number of aliphatic carboxylic acids is 1. The van der Waals surface area contributed by atoms with Crippen LogP contribution in [0.1, 0.15) is 12.0 Å². The number of carboxylic acids is 1. The van der Waals surface area contributed by atoms with E-state index in [9.17, 15) is 9.18 Å². The summed E-state index contributed by atoms with van der Waals surface area (Å²) in [6, 6.07) is 4.46. The van der Waals surface area contributed by atoms with Crippen LogP contribution in [-0.4, -0.2) is 17.3 Å². The van der Waals surface area contributed by atoms with Crippen molar-refractivity contribution in [3.05, 3.63) is 29.6 Å². The van der Waals surface area contributed by atoms with E-state index in [1.807, 2.05) is 6.26 Å². The van der Waals surface area contributed by atoms with Crippen molar-refractivity contribution in [1.82, 2.24) is 0 Å². The number of benzene rings is 1. The number of rotatable bonds is 4. The van der Waals surface area contributed by atoms with Crippen molar-refractivity contribution in [3.63, 3.8) is 0 Å². The van der Waals surface area contributed by atoms with Gasteiger partial charge in [-0.1, -0.05) is 0 Å². The zero-order chi connectivity index (χ0) is 10.6. The van der Waals surface area contributed by atoms with Gasteiger partial charge in [-0.05, 0) is 36.4 Å². The van der Waals surface area contributed by atoms with Gasteiger partial charge in [0.25, 0.3) is 0 Å². The van der Waals surface area contributed by atoms with E-state index in [1.54, 1.807) is 6.07 Å². The summed E-state index contributed by atoms with van der Waals surface area (Å²) in [6.45, 7) is 0. The molecule has 0 atom stereocenters. The predicted octanol–water partition coefficient (Wildman–Crippen LogP) is 2.56. The largest absolute Gasteiger partial charge is 0.481 e.